The van der Waals surface area contributed by atoms with Crippen LogP contribution in [0.15, 0.2) is 35.6 Å². The third kappa shape index (κ3) is 1.50. The van der Waals surface area contributed by atoms with E-state index in [9.17, 15) is 0 Å². The molecule has 0 saturated carbocycles. The zero-order valence-electron chi connectivity index (χ0n) is 6.46. The lowest BCUT2D eigenvalue weighted by atomic mass is 10.1. The Kier molecular flexibility index (Phi) is 1.95. The Balaban J connectivity index is 2.88. The first-order valence-corrected chi connectivity index (χ1v) is 3.52. The van der Waals surface area contributed by atoms with Gasteiger partial charge in [-0.1, -0.05) is 30.7 Å². The van der Waals surface area contributed by atoms with Crippen LogP contribution < -0.4 is 5.73 Å². The molecule has 2 N–H and O–H groups in total. The fourth-order valence-electron chi connectivity index (χ4n) is 0.842. The van der Waals surface area contributed by atoms with Gasteiger partial charge in [-0.15, -0.1) is 0 Å². The van der Waals surface area contributed by atoms with Crippen molar-refractivity contribution in [3.8, 4) is 0 Å². The van der Waals surface area contributed by atoms with E-state index in [1.807, 2.05) is 12.2 Å². The van der Waals surface area contributed by atoms with Crippen LogP contribution in [0, 0.1) is 5.92 Å². The van der Waals surface area contributed by atoms with E-state index in [0.29, 0.717) is 5.92 Å². The topological polar surface area (TPSA) is 26.0 Å². The van der Waals surface area contributed by atoms with Crippen LogP contribution >= 0.6 is 0 Å². The molecule has 0 fully saturated rings. The Morgan fingerprint density at radius 2 is 2.10 bits per heavy atom. The first kappa shape index (κ1) is 7.13. The molecule has 1 aliphatic carbocycles. The highest BCUT2D eigenvalue weighted by Gasteiger charge is 2.00. The van der Waals surface area contributed by atoms with E-state index in [1.165, 1.54) is 5.57 Å². The number of nitrogens with two attached hydrogens (primary N) is 1. The van der Waals surface area contributed by atoms with Crippen molar-refractivity contribution in [2.75, 3.05) is 0 Å². The van der Waals surface area contributed by atoms with Gasteiger partial charge in [0.05, 0.1) is 0 Å². The second-order valence-electron chi connectivity index (χ2n) is 2.73. The van der Waals surface area contributed by atoms with Crippen molar-refractivity contribution < 1.29 is 0 Å². The van der Waals surface area contributed by atoms with Crippen molar-refractivity contribution >= 4 is 0 Å². The molecule has 0 bridgehead atoms. The molecule has 1 unspecified atom stereocenters. The fraction of sp³-hybridized carbons (Fsp3) is 0.333. The third-order valence-corrected chi connectivity index (χ3v) is 1.71. The van der Waals surface area contributed by atoms with Gasteiger partial charge in [-0.2, -0.15) is 0 Å². The van der Waals surface area contributed by atoms with Gasteiger partial charge < -0.3 is 5.73 Å². The average Bonchev–Trinajstić information content (AvgIpc) is 2.04. The Hall–Kier alpha value is -0.980. The van der Waals surface area contributed by atoms with E-state index in [4.69, 9.17) is 5.73 Å². The molecule has 0 aromatic rings. The maximum atomic E-state index is 5.71. The van der Waals surface area contributed by atoms with Crippen LogP contribution in [-0.2, 0) is 0 Å². The van der Waals surface area contributed by atoms with Gasteiger partial charge in [0.25, 0.3) is 0 Å². The summed E-state index contributed by atoms with van der Waals surface area (Å²) in [6, 6.07) is 0. The second kappa shape index (κ2) is 2.74. The predicted octanol–water partition coefficient (Wildman–Crippen LogP) is 1.98. The lowest BCUT2D eigenvalue weighted by molar-refractivity contribution is 0.849. The van der Waals surface area contributed by atoms with E-state index in [0.717, 1.165) is 5.70 Å². The lowest BCUT2D eigenvalue weighted by Gasteiger charge is -2.02. The number of hydrogen-bond acceptors (Lipinski definition) is 1. The first-order chi connectivity index (χ1) is 4.70. The Labute approximate surface area is 61.9 Å². The molecule has 0 saturated heterocycles. The van der Waals surface area contributed by atoms with Crippen molar-refractivity contribution in [1.29, 1.82) is 0 Å². The average molecular weight is 135 g/mol. The quantitative estimate of drug-likeness (QED) is 0.540. The zero-order chi connectivity index (χ0) is 7.56. The van der Waals surface area contributed by atoms with Gasteiger partial charge >= 0.3 is 0 Å². The molecule has 0 amide bonds. The van der Waals surface area contributed by atoms with Crippen LogP contribution in [0.2, 0.25) is 0 Å². The minimum Gasteiger partial charge on any atom is -0.402 e. The van der Waals surface area contributed by atoms with E-state index in [1.54, 1.807) is 0 Å². The van der Waals surface area contributed by atoms with Crippen LogP contribution in [0.4, 0.5) is 0 Å². The molecular weight excluding hydrogens is 122 g/mol. The summed E-state index contributed by atoms with van der Waals surface area (Å²) in [5.74, 6) is 0.383. The normalized spacial score (nSPS) is 25.2. The smallest absolute Gasteiger partial charge is 0.0148 e. The minimum absolute atomic E-state index is 0.383. The largest absolute Gasteiger partial charge is 0.402 e. The standard InChI is InChI=1S/C9H13N/c1-7-3-5-8(2)9(10)6-4-7/h3-6,8H,10H2,1-2H3. The summed E-state index contributed by atoms with van der Waals surface area (Å²) in [5, 5.41) is 0. The molecule has 0 aromatic heterocycles. The molecule has 10 heavy (non-hydrogen) atoms. The molecular formula is C9H13N. The maximum absolute atomic E-state index is 5.71. The van der Waals surface area contributed by atoms with E-state index in [2.05, 4.69) is 26.0 Å². The summed E-state index contributed by atoms with van der Waals surface area (Å²) >= 11 is 0. The summed E-state index contributed by atoms with van der Waals surface area (Å²) < 4.78 is 0. The number of allylic oxidation sites excluding steroid dienone is 5. The van der Waals surface area contributed by atoms with Crippen LogP contribution in [0.25, 0.3) is 0 Å². The van der Waals surface area contributed by atoms with Crippen LogP contribution in [-0.4, -0.2) is 0 Å². The summed E-state index contributed by atoms with van der Waals surface area (Å²) in [6.07, 6.45) is 8.22. The summed E-state index contributed by atoms with van der Waals surface area (Å²) in [6.45, 7) is 4.16. The Morgan fingerprint density at radius 3 is 2.80 bits per heavy atom. The predicted molar refractivity (Wildman–Crippen MR) is 44.3 cm³/mol. The molecule has 1 heteroatoms. The van der Waals surface area contributed by atoms with Gasteiger partial charge in [0, 0.05) is 11.6 Å². The van der Waals surface area contributed by atoms with Gasteiger partial charge in [-0.3, -0.25) is 0 Å². The maximum Gasteiger partial charge on any atom is 0.0148 e. The molecule has 54 valence electrons. The second-order valence-corrected chi connectivity index (χ2v) is 2.73. The first-order valence-electron chi connectivity index (χ1n) is 3.52. The van der Waals surface area contributed by atoms with Gasteiger partial charge in [-0.05, 0) is 13.0 Å². The van der Waals surface area contributed by atoms with Crippen molar-refractivity contribution in [3.63, 3.8) is 0 Å². The Morgan fingerprint density at radius 1 is 1.40 bits per heavy atom. The molecule has 0 heterocycles. The van der Waals surface area contributed by atoms with E-state index < -0.39 is 0 Å². The van der Waals surface area contributed by atoms with Crippen LogP contribution in [0.5, 0.6) is 0 Å². The fourth-order valence-corrected chi connectivity index (χ4v) is 0.842. The number of rotatable bonds is 0. The van der Waals surface area contributed by atoms with Gasteiger partial charge in [0.2, 0.25) is 0 Å². The van der Waals surface area contributed by atoms with Crippen molar-refractivity contribution in [3.05, 3.63) is 35.6 Å². The van der Waals surface area contributed by atoms with E-state index >= 15 is 0 Å². The molecule has 1 atom stereocenters. The summed E-state index contributed by atoms with van der Waals surface area (Å²) in [7, 11) is 0. The zero-order valence-corrected chi connectivity index (χ0v) is 6.46. The molecule has 0 spiro atoms. The van der Waals surface area contributed by atoms with Gasteiger partial charge in [0.15, 0.2) is 0 Å². The van der Waals surface area contributed by atoms with Crippen LogP contribution in [0.3, 0.4) is 0 Å². The number of hydrogen-bond donors (Lipinski definition) is 1. The highest BCUT2D eigenvalue weighted by atomic mass is 14.6. The molecule has 1 aliphatic rings. The Bertz CT molecular complexity index is 209. The minimum atomic E-state index is 0.383. The summed E-state index contributed by atoms with van der Waals surface area (Å²) in [4.78, 5) is 0. The molecule has 0 aromatic carbocycles. The van der Waals surface area contributed by atoms with E-state index in [-0.39, 0.29) is 0 Å². The van der Waals surface area contributed by atoms with Crippen LogP contribution in [0.1, 0.15) is 13.8 Å². The van der Waals surface area contributed by atoms with Gasteiger partial charge in [-0.25, -0.2) is 0 Å². The molecule has 1 nitrogen and oxygen atoms in total. The van der Waals surface area contributed by atoms with Crippen molar-refractivity contribution in [1.82, 2.24) is 0 Å². The molecule has 0 radical (unpaired) electrons. The lowest BCUT2D eigenvalue weighted by Crippen LogP contribution is -2.04. The monoisotopic (exact) mass is 135 g/mol. The van der Waals surface area contributed by atoms with Crippen molar-refractivity contribution in [2.45, 2.75) is 13.8 Å². The third-order valence-electron chi connectivity index (χ3n) is 1.71. The summed E-state index contributed by atoms with van der Waals surface area (Å²) in [5.41, 5.74) is 7.90. The van der Waals surface area contributed by atoms with Gasteiger partial charge in [0.1, 0.15) is 0 Å². The molecule has 0 aliphatic heterocycles. The van der Waals surface area contributed by atoms with Crippen molar-refractivity contribution in [2.24, 2.45) is 11.7 Å². The molecule has 1 rings (SSSR count). The SMILES string of the molecule is CC1=CC=C(N)C(C)C=C1. The highest BCUT2D eigenvalue weighted by Crippen LogP contribution is 2.12. The highest BCUT2D eigenvalue weighted by molar-refractivity contribution is 5.29.